The SMILES string of the molecule is O=c1c2cc([N+](=O)[O-])ccc2n(CCCBr)n1Cc1ccccc1. The lowest BCUT2D eigenvalue weighted by molar-refractivity contribution is -0.384. The maximum absolute atomic E-state index is 12.8. The van der Waals surface area contributed by atoms with Crippen molar-refractivity contribution in [2.75, 3.05) is 5.33 Å². The summed E-state index contributed by atoms with van der Waals surface area (Å²) in [6, 6.07) is 14.2. The quantitative estimate of drug-likeness (QED) is 0.367. The van der Waals surface area contributed by atoms with Gasteiger partial charge in [0.1, 0.15) is 0 Å². The topological polar surface area (TPSA) is 70.1 Å². The highest BCUT2D eigenvalue weighted by Crippen LogP contribution is 2.20. The van der Waals surface area contributed by atoms with Gasteiger partial charge in [-0.05, 0) is 18.1 Å². The molecule has 0 amide bonds. The zero-order valence-electron chi connectivity index (χ0n) is 12.9. The number of aryl methyl sites for hydroxylation is 1. The Morgan fingerprint density at radius 1 is 1.08 bits per heavy atom. The molecule has 0 spiro atoms. The summed E-state index contributed by atoms with van der Waals surface area (Å²) in [5.74, 6) is 0. The van der Waals surface area contributed by atoms with Crippen LogP contribution in [0.4, 0.5) is 5.69 Å². The van der Waals surface area contributed by atoms with Crippen molar-refractivity contribution in [1.29, 1.82) is 0 Å². The van der Waals surface area contributed by atoms with E-state index in [9.17, 15) is 14.9 Å². The standard InChI is InChI=1S/C17H16BrN3O3/c18-9-4-10-19-16-8-7-14(21(23)24)11-15(16)17(22)20(19)12-13-5-2-1-3-6-13/h1-3,5-8,11H,4,9-10,12H2. The molecule has 0 atom stereocenters. The van der Waals surface area contributed by atoms with Crippen molar-refractivity contribution in [1.82, 2.24) is 9.36 Å². The number of aromatic nitrogens is 2. The molecule has 0 bridgehead atoms. The Hall–Kier alpha value is -2.41. The van der Waals surface area contributed by atoms with Gasteiger partial charge in [0, 0.05) is 24.0 Å². The summed E-state index contributed by atoms with van der Waals surface area (Å²) in [7, 11) is 0. The Morgan fingerprint density at radius 3 is 2.50 bits per heavy atom. The molecule has 0 N–H and O–H groups in total. The van der Waals surface area contributed by atoms with E-state index in [4.69, 9.17) is 0 Å². The summed E-state index contributed by atoms with van der Waals surface area (Å²) >= 11 is 3.41. The fourth-order valence-corrected chi connectivity index (χ4v) is 3.03. The molecule has 0 saturated heterocycles. The minimum atomic E-state index is -0.476. The van der Waals surface area contributed by atoms with E-state index < -0.39 is 4.92 Å². The summed E-state index contributed by atoms with van der Waals surface area (Å²) in [6.45, 7) is 1.10. The van der Waals surface area contributed by atoms with E-state index in [1.54, 1.807) is 10.7 Å². The molecule has 0 radical (unpaired) electrons. The molecule has 1 aromatic heterocycles. The highest BCUT2D eigenvalue weighted by atomic mass is 79.9. The van der Waals surface area contributed by atoms with Crippen LogP contribution in [0.1, 0.15) is 12.0 Å². The average Bonchev–Trinajstić information content (AvgIpc) is 2.85. The van der Waals surface area contributed by atoms with Crippen LogP contribution in [0.2, 0.25) is 0 Å². The van der Waals surface area contributed by atoms with Gasteiger partial charge in [-0.15, -0.1) is 0 Å². The van der Waals surface area contributed by atoms with Crippen LogP contribution < -0.4 is 5.56 Å². The van der Waals surface area contributed by atoms with Gasteiger partial charge >= 0.3 is 0 Å². The summed E-state index contributed by atoms with van der Waals surface area (Å²) < 4.78 is 3.57. The fraction of sp³-hybridized carbons (Fsp3) is 0.235. The number of hydrogen-bond donors (Lipinski definition) is 0. The predicted octanol–water partition coefficient (Wildman–Crippen LogP) is 3.54. The van der Waals surface area contributed by atoms with Crippen LogP contribution in [-0.4, -0.2) is 19.6 Å². The smallest absolute Gasteiger partial charge is 0.275 e. The van der Waals surface area contributed by atoms with Crippen molar-refractivity contribution < 1.29 is 4.92 Å². The number of rotatable bonds is 6. The average molecular weight is 390 g/mol. The molecule has 1 heterocycles. The van der Waals surface area contributed by atoms with E-state index in [2.05, 4.69) is 15.9 Å². The molecule has 0 saturated carbocycles. The third-order valence-corrected chi connectivity index (χ3v) is 4.46. The lowest BCUT2D eigenvalue weighted by Crippen LogP contribution is -2.24. The number of nitro groups is 1. The van der Waals surface area contributed by atoms with Crippen LogP contribution in [0.3, 0.4) is 0 Å². The molecule has 0 aliphatic carbocycles. The highest BCUT2D eigenvalue weighted by Gasteiger charge is 2.16. The number of nitrogens with zero attached hydrogens (tertiary/aromatic N) is 3. The number of alkyl halides is 1. The Kier molecular flexibility index (Phi) is 4.80. The number of hydrogen-bond acceptors (Lipinski definition) is 3. The van der Waals surface area contributed by atoms with E-state index in [-0.39, 0.29) is 11.2 Å². The molecule has 7 heteroatoms. The van der Waals surface area contributed by atoms with Gasteiger partial charge in [-0.25, -0.2) is 4.68 Å². The van der Waals surface area contributed by atoms with Crippen molar-refractivity contribution in [2.24, 2.45) is 0 Å². The minimum absolute atomic E-state index is 0.0656. The molecule has 0 unspecified atom stereocenters. The van der Waals surface area contributed by atoms with Crippen LogP contribution in [0.25, 0.3) is 10.9 Å². The Bertz CT molecular complexity index is 931. The highest BCUT2D eigenvalue weighted by molar-refractivity contribution is 9.09. The summed E-state index contributed by atoms with van der Waals surface area (Å²) in [5.41, 5.74) is 1.47. The van der Waals surface area contributed by atoms with Crippen molar-refractivity contribution >= 4 is 32.5 Å². The third kappa shape index (κ3) is 3.12. The molecule has 3 aromatic rings. The van der Waals surface area contributed by atoms with E-state index >= 15 is 0 Å². The van der Waals surface area contributed by atoms with Gasteiger partial charge in [-0.3, -0.25) is 19.6 Å². The largest absolute Gasteiger partial charge is 0.282 e. The minimum Gasteiger partial charge on any atom is -0.282 e. The molecule has 0 aliphatic rings. The Morgan fingerprint density at radius 2 is 1.83 bits per heavy atom. The first-order valence-electron chi connectivity index (χ1n) is 7.59. The second-order valence-corrected chi connectivity index (χ2v) is 6.27. The maximum Gasteiger partial charge on any atom is 0.275 e. The third-order valence-electron chi connectivity index (χ3n) is 3.90. The molecule has 3 rings (SSSR count). The first kappa shape index (κ1) is 16.4. The molecule has 24 heavy (non-hydrogen) atoms. The Balaban J connectivity index is 2.16. The monoisotopic (exact) mass is 389 g/mol. The van der Waals surface area contributed by atoms with E-state index in [1.807, 2.05) is 35.0 Å². The molecular weight excluding hydrogens is 374 g/mol. The number of halogens is 1. The van der Waals surface area contributed by atoms with Crippen molar-refractivity contribution in [3.8, 4) is 0 Å². The zero-order chi connectivity index (χ0) is 17.1. The lowest BCUT2D eigenvalue weighted by Gasteiger charge is -2.12. The number of benzene rings is 2. The van der Waals surface area contributed by atoms with Crippen LogP contribution in [-0.2, 0) is 13.1 Å². The van der Waals surface area contributed by atoms with Crippen molar-refractivity contribution in [2.45, 2.75) is 19.5 Å². The van der Waals surface area contributed by atoms with Crippen molar-refractivity contribution in [3.63, 3.8) is 0 Å². The van der Waals surface area contributed by atoms with E-state index in [0.717, 1.165) is 22.8 Å². The Labute approximate surface area is 146 Å². The van der Waals surface area contributed by atoms with Crippen LogP contribution >= 0.6 is 15.9 Å². The summed E-state index contributed by atoms with van der Waals surface area (Å²) in [4.78, 5) is 23.3. The lowest BCUT2D eigenvalue weighted by atomic mass is 10.2. The van der Waals surface area contributed by atoms with Gasteiger partial charge in [0.2, 0.25) is 0 Å². The summed E-state index contributed by atoms with van der Waals surface area (Å²) in [5, 5.41) is 12.2. The second-order valence-electron chi connectivity index (χ2n) is 5.47. The number of nitro benzene ring substituents is 1. The van der Waals surface area contributed by atoms with Gasteiger partial charge in [-0.2, -0.15) is 0 Å². The molecule has 124 valence electrons. The van der Waals surface area contributed by atoms with Gasteiger partial charge in [0.15, 0.2) is 0 Å². The second kappa shape index (κ2) is 7.00. The molecular formula is C17H16BrN3O3. The van der Waals surface area contributed by atoms with Gasteiger partial charge in [0.25, 0.3) is 11.2 Å². The van der Waals surface area contributed by atoms with E-state index in [0.29, 0.717) is 18.5 Å². The van der Waals surface area contributed by atoms with E-state index in [1.165, 1.54) is 12.1 Å². The molecule has 0 aliphatic heterocycles. The predicted molar refractivity (Wildman–Crippen MR) is 96.8 cm³/mol. The maximum atomic E-state index is 12.8. The molecule has 0 fully saturated rings. The van der Waals surface area contributed by atoms with Gasteiger partial charge in [-0.1, -0.05) is 46.3 Å². The van der Waals surface area contributed by atoms with Crippen LogP contribution in [0.5, 0.6) is 0 Å². The number of fused-ring (bicyclic) bond motifs is 1. The van der Waals surface area contributed by atoms with Crippen LogP contribution in [0, 0.1) is 10.1 Å². The zero-order valence-corrected chi connectivity index (χ0v) is 14.5. The number of non-ortho nitro benzene ring substituents is 1. The molecule has 6 nitrogen and oxygen atoms in total. The fourth-order valence-electron chi connectivity index (χ4n) is 2.78. The summed E-state index contributed by atoms with van der Waals surface area (Å²) in [6.07, 6.45) is 0.856. The first-order valence-corrected chi connectivity index (χ1v) is 8.71. The first-order chi connectivity index (χ1) is 11.6. The van der Waals surface area contributed by atoms with Gasteiger partial charge < -0.3 is 0 Å². The van der Waals surface area contributed by atoms with Crippen LogP contribution in [0.15, 0.2) is 53.3 Å². The normalized spacial score (nSPS) is 11.0. The van der Waals surface area contributed by atoms with Crippen molar-refractivity contribution in [3.05, 3.63) is 74.6 Å². The molecule has 2 aromatic carbocycles. The van der Waals surface area contributed by atoms with Gasteiger partial charge in [0.05, 0.1) is 22.4 Å².